The Bertz CT molecular complexity index is 548. The first-order chi connectivity index (χ1) is 9.90. The highest BCUT2D eigenvalue weighted by Crippen LogP contribution is 2.25. The molecule has 2 aromatic heterocycles. The van der Waals surface area contributed by atoms with E-state index in [0.29, 0.717) is 6.04 Å². The molecule has 4 nitrogen and oxygen atoms in total. The fourth-order valence-corrected chi connectivity index (χ4v) is 3.13. The van der Waals surface area contributed by atoms with Gasteiger partial charge in [0.25, 0.3) is 0 Å². The van der Waals surface area contributed by atoms with Crippen LogP contribution in [0, 0.1) is 0 Å². The molecule has 1 saturated heterocycles. The molecule has 20 heavy (non-hydrogen) atoms. The number of pyridine rings is 1. The number of imidazole rings is 1. The molecular weight excluding hydrogens is 248 g/mol. The summed E-state index contributed by atoms with van der Waals surface area (Å²) < 4.78 is 2.21. The number of rotatable bonds is 5. The fraction of sp³-hybridized carbons (Fsp3) is 0.562. The standard InChI is InChI=1S/C16H24N4/c1-2-9-17-13-14-6-3-4-11-19(14)16-8-5-7-15-18-10-12-20(15)16/h5,7-8,10,12,14,17H,2-4,6,9,11,13H2,1H3. The Morgan fingerprint density at radius 3 is 3.20 bits per heavy atom. The van der Waals surface area contributed by atoms with E-state index in [9.17, 15) is 0 Å². The normalized spacial score (nSPS) is 19.6. The summed E-state index contributed by atoms with van der Waals surface area (Å²) in [6.45, 7) is 5.56. The second kappa shape index (κ2) is 6.27. The lowest BCUT2D eigenvalue weighted by Gasteiger charge is -2.38. The number of fused-ring (bicyclic) bond motifs is 1. The Hall–Kier alpha value is -1.55. The van der Waals surface area contributed by atoms with Crippen LogP contribution in [0.15, 0.2) is 30.6 Å². The largest absolute Gasteiger partial charge is 0.353 e. The average molecular weight is 272 g/mol. The quantitative estimate of drug-likeness (QED) is 0.849. The van der Waals surface area contributed by atoms with Crippen molar-refractivity contribution in [2.45, 2.75) is 38.6 Å². The van der Waals surface area contributed by atoms with Crippen LogP contribution in [-0.4, -0.2) is 35.1 Å². The van der Waals surface area contributed by atoms with Gasteiger partial charge in [0.1, 0.15) is 11.5 Å². The maximum Gasteiger partial charge on any atom is 0.138 e. The lowest BCUT2D eigenvalue weighted by atomic mass is 10.0. The number of aromatic nitrogens is 2. The van der Waals surface area contributed by atoms with Crippen molar-refractivity contribution in [1.29, 1.82) is 0 Å². The van der Waals surface area contributed by atoms with Gasteiger partial charge < -0.3 is 10.2 Å². The van der Waals surface area contributed by atoms with Gasteiger partial charge in [-0.15, -0.1) is 0 Å². The number of anilines is 1. The first-order valence-electron chi connectivity index (χ1n) is 7.79. The highest BCUT2D eigenvalue weighted by molar-refractivity contribution is 5.52. The highest BCUT2D eigenvalue weighted by atomic mass is 15.3. The Morgan fingerprint density at radius 1 is 1.35 bits per heavy atom. The minimum absolute atomic E-state index is 0.600. The van der Waals surface area contributed by atoms with E-state index in [1.807, 2.05) is 6.20 Å². The van der Waals surface area contributed by atoms with Gasteiger partial charge in [-0.1, -0.05) is 13.0 Å². The second-order valence-electron chi connectivity index (χ2n) is 5.59. The Kier molecular flexibility index (Phi) is 4.21. The summed E-state index contributed by atoms with van der Waals surface area (Å²) in [4.78, 5) is 6.95. The van der Waals surface area contributed by atoms with Crippen LogP contribution in [0.5, 0.6) is 0 Å². The maximum absolute atomic E-state index is 4.40. The SMILES string of the molecule is CCCNCC1CCCCN1c1cccc2nccn12. The maximum atomic E-state index is 4.40. The molecule has 4 heteroatoms. The number of nitrogens with one attached hydrogen (secondary N) is 1. The summed E-state index contributed by atoms with van der Waals surface area (Å²) in [7, 11) is 0. The monoisotopic (exact) mass is 272 g/mol. The van der Waals surface area contributed by atoms with Crippen LogP contribution in [0.4, 0.5) is 5.82 Å². The van der Waals surface area contributed by atoms with Crippen LogP contribution in [0.25, 0.3) is 5.65 Å². The fourth-order valence-electron chi connectivity index (χ4n) is 3.13. The lowest BCUT2D eigenvalue weighted by molar-refractivity contribution is 0.432. The second-order valence-corrected chi connectivity index (χ2v) is 5.59. The first kappa shape index (κ1) is 13.4. The average Bonchev–Trinajstić information content (AvgIpc) is 2.96. The predicted octanol–water partition coefficient (Wildman–Crippen LogP) is 2.69. The molecule has 0 amide bonds. The van der Waals surface area contributed by atoms with E-state index >= 15 is 0 Å². The molecule has 2 aromatic rings. The van der Waals surface area contributed by atoms with E-state index in [1.165, 1.54) is 31.5 Å². The minimum Gasteiger partial charge on any atom is -0.353 e. The van der Waals surface area contributed by atoms with Crippen molar-refractivity contribution in [2.75, 3.05) is 24.5 Å². The van der Waals surface area contributed by atoms with E-state index in [-0.39, 0.29) is 0 Å². The van der Waals surface area contributed by atoms with Gasteiger partial charge in [-0.05, 0) is 44.4 Å². The third-order valence-corrected chi connectivity index (χ3v) is 4.13. The van der Waals surface area contributed by atoms with Crippen molar-refractivity contribution < 1.29 is 0 Å². The topological polar surface area (TPSA) is 32.6 Å². The molecule has 0 saturated carbocycles. The van der Waals surface area contributed by atoms with E-state index < -0.39 is 0 Å². The van der Waals surface area contributed by atoms with E-state index in [1.54, 1.807) is 0 Å². The van der Waals surface area contributed by atoms with Crippen molar-refractivity contribution in [2.24, 2.45) is 0 Å². The molecule has 1 fully saturated rings. The van der Waals surface area contributed by atoms with Gasteiger partial charge in [0.2, 0.25) is 0 Å². The zero-order valence-corrected chi connectivity index (χ0v) is 12.3. The number of hydrogen-bond acceptors (Lipinski definition) is 3. The summed E-state index contributed by atoms with van der Waals surface area (Å²) in [5.74, 6) is 1.28. The molecule has 0 spiro atoms. The van der Waals surface area contributed by atoms with Gasteiger partial charge >= 0.3 is 0 Å². The summed E-state index contributed by atoms with van der Waals surface area (Å²) in [5, 5.41) is 3.58. The Balaban J connectivity index is 1.83. The predicted molar refractivity (Wildman–Crippen MR) is 83.3 cm³/mol. The van der Waals surface area contributed by atoms with Gasteiger partial charge in [0.05, 0.1) is 0 Å². The summed E-state index contributed by atoms with van der Waals surface area (Å²) >= 11 is 0. The van der Waals surface area contributed by atoms with Crippen molar-refractivity contribution in [1.82, 2.24) is 14.7 Å². The zero-order chi connectivity index (χ0) is 13.8. The molecule has 3 heterocycles. The van der Waals surface area contributed by atoms with Crippen LogP contribution < -0.4 is 10.2 Å². The van der Waals surface area contributed by atoms with Crippen LogP contribution in [-0.2, 0) is 0 Å². The highest BCUT2D eigenvalue weighted by Gasteiger charge is 2.23. The third kappa shape index (κ3) is 2.66. The van der Waals surface area contributed by atoms with Gasteiger partial charge in [-0.25, -0.2) is 4.98 Å². The van der Waals surface area contributed by atoms with Crippen molar-refractivity contribution in [3.8, 4) is 0 Å². The smallest absolute Gasteiger partial charge is 0.138 e. The van der Waals surface area contributed by atoms with Gasteiger partial charge in [-0.3, -0.25) is 4.40 Å². The number of piperidine rings is 1. The molecule has 0 aromatic carbocycles. The molecule has 1 atom stereocenters. The van der Waals surface area contributed by atoms with Crippen LogP contribution in [0.3, 0.4) is 0 Å². The molecule has 1 unspecified atom stereocenters. The van der Waals surface area contributed by atoms with Gasteiger partial charge in [-0.2, -0.15) is 0 Å². The lowest BCUT2D eigenvalue weighted by Crippen LogP contribution is -2.46. The summed E-state index contributed by atoms with van der Waals surface area (Å²) in [5.41, 5.74) is 1.04. The molecule has 1 N–H and O–H groups in total. The minimum atomic E-state index is 0.600. The van der Waals surface area contributed by atoms with E-state index in [4.69, 9.17) is 0 Å². The van der Waals surface area contributed by atoms with Crippen molar-refractivity contribution in [3.05, 3.63) is 30.6 Å². The molecule has 0 aliphatic carbocycles. The van der Waals surface area contributed by atoms with Crippen molar-refractivity contribution >= 4 is 11.5 Å². The van der Waals surface area contributed by atoms with Crippen molar-refractivity contribution in [3.63, 3.8) is 0 Å². The Labute approximate surface area is 120 Å². The van der Waals surface area contributed by atoms with Gasteiger partial charge in [0, 0.05) is 31.5 Å². The van der Waals surface area contributed by atoms with Crippen LogP contribution in [0.1, 0.15) is 32.6 Å². The Morgan fingerprint density at radius 2 is 2.30 bits per heavy atom. The van der Waals surface area contributed by atoms with Gasteiger partial charge in [0.15, 0.2) is 0 Å². The molecule has 0 bridgehead atoms. The number of nitrogens with zero attached hydrogens (tertiary/aromatic N) is 3. The number of hydrogen-bond donors (Lipinski definition) is 1. The summed E-state index contributed by atoms with van der Waals surface area (Å²) in [6.07, 6.45) is 9.05. The van der Waals surface area contributed by atoms with Crippen LogP contribution >= 0.6 is 0 Å². The van der Waals surface area contributed by atoms with E-state index in [2.05, 4.69) is 50.9 Å². The van der Waals surface area contributed by atoms with Crippen LogP contribution in [0.2, 0.25) is 0 Å². The molecular formula is C16H24N4. The van der Waals surface area contributed by atoms with E-state index in [0.717, 1.165) is 25.3 Å². The third-order valence-electron chi connectivity index (χ3n) is 4.13. The molecule has 108 valence electrons. The molecule has 1 aliphatic rings. The molecule has 0 radical (unpaired) electrons. The first-order valence-corrected chi connectivity index (χ1v) is 7.79. The summed E-state index contributed by atoms with van der Waals surface area (Å²) in [6, 6.07) is 7.00. The zero-order valence-electron chi connectivity index (χ0n) is 12.3. The molecule has 3 rings (SSSR count). The molecule has 1 aliphatic heterocycles.